The van der Waals surface area contributed by atoms with Crippen LogP contribution in [0.2, 0.25) is 0 Å². The summed E-state index contributed by atoms with van der Waals surface area (Å²) in [6.45, 7) is 5.23. The monoisotopic (exact) mass is 294 g/mol. The van der Waals surface area contributed by atoms with Gasteiger partial charge in [-0.1, -0.05) is 6.92 Å². The Morgan fingerprint density at radius 2 is 2.25 bits per heavy atom. The van der Waals surface area contributed by atoms with E-state index in [2.05, 4.69) is 40.7 Å². The van der Waals surface area contributed by atoms with E-state index in [1.54, 1.807) is 0 Å². The van der Waals surface area contributed by atoms with Crippen molar-refractivity contribution in [2.45, 2.75) is 32.9 Å². The third-order valence-electron chi connectivity index (χ3n) is 3.43. The summed E-state index contributed by atoms with van der Waals surface area (Å²) in [5, 5.41) is 0. The van der Waals surface area contributed by atoms with Gasteiger partial charge in [0, 0.05) is 30.1 Å². The van der Waals surface area contributed by atoms with Crippen molar-refractivity contribution in [3.63, 3.8) is 0 Å². The van der Waals surface area contributed by atoms with Crippen LogP contribution in [0.3, 0.4) is 0 Å². The molecule has 0 spiro atoms. The highest BCUT2D eigenvalue weighted by atomic mass is 32.2. The molecule has 2 heterocycles. The molecule has 5 nitrogen and oxygen atoms in total. The third kappa shape index (κ3) is 3.43. The maximum Gasteiger partial charge on any atom is 0.275 e. The Morgan fingerprint density at radius 1 is 1.45 bits per heavy atom. The molecule has 0 aromatic carbocycles. The summed E-state index contributed by atoms with van der Waals surface area (Å²) in [6.07, 6.45) is 4.56. The van der Waals surface area contributed by atoms with E-state index in [-0.39, 0.29) is 5.56 Å². The van der Waals surface area contributed by atoms with Gasteiger partial charge in [0.15, 0.2) is 0 Å². The van der Waals surface area contributed by atoms with Gasteiger partial charge in [-0.2, -0.15) is 11.8 Å². The Balaban J connectivity index is 2.04. The van der Waals surface area contributed by atoms with Gasteiger partial charge >= 0.3 is 0 Å². The number of rotatable bonds is 7. The third-order valence-corrected chi connectivity index (χ3v) is 4.84. The lowest BCUT2D eigenvalue weighted by atomic mass is 10.2. The van der Waals surface area contributed by atoms with Crippen molar-refractivity contribution in [2.24, 2.45) is 0 Å². The van der Waals surface area contributed by atoms with Crippen LogP contribution < -0.4 is 5.56 Å². The smallest absolute Gasteiger partial charge is 0.275 e. The van der Waals surface area contributed by atoms with Crippen molar-refractivity contribution >= 4 is 22.8 Å². The molecule has 6 heteroatoms. The standard InChI is InChI=1S/C14H22N4OS/c1-4-5-20-8-10(2)18(3)7-11-6-15-13-12(11)16-9-17-14(13)19/h6,9-10,15H,4-5,7-8H2,1-3H3,(H,16,17,19)/t10-/m1/s1. The quantitative estimate of drug-likeness (QED) is 0.769. The Bertz CT molecular complexity index is 606. The number of nitrogens with one attached hydrogen (secondary N) is 2. The van der Waals surface area contributed by atoms with Gasteiger partial charge in [-0.25, -0.2) is 4.98 Å². The average Bonchev–Trinajstić information content (AvgIpc) is 2.83. The predicted molar refractivity (Wildman–Crippen MR) is 85.3 cm³/mol. The van der Waals surface area contributed by atoms with Crippen LogP contribution in [0, 0.1) is 0 Å². The second kappa shape index (κ2) is 6.95. The number of hydrogen-bond donors (Lipinski definition) is 2. The van der Waals surface area contributed by atoms with E-state index >= 15 is 0 Å². The van der Waals surface area contributed by atoms with Crippen LogP contribution >= 0.6 is 11.8 Å². The van der Waals surface area contributed by atoms with Crippen LogP contribution in [0.4, 0.5) is 0 Å². The number of nitrogens with zero attached hydrogens (tertiary/aromatic N) is 2. The molecule has 0 radical (unpaired) electrons. The fourth-order valence-electron chi connectivity index (χ4n) is 2.08. The summed E-state index contributed by atoms with van der Waals surface area (Å²) in [6, 6.07) is 0.499. The van der Waals surface area contributed by atoms with Crippen LogP contribution in [-0.4, -0.2) is 44.4 Å². The van der Waals surface area contributed by atoms with E-state index < -0.39 is 0 Å². The molecule has 0 unspecified atom stereocenters. The van der Waals surface area contributed by atoms with E-state index in [4.69, 9.17) is 0 Å². The van der Waals surface area contributed by atoms with E-state index in [0.717, 1.165) is 23.4 Å². The zero-order chi connectivity index (χ0) is 14.5. The van der Waals surface area contributed by atoms with Crippen LogP contribution in [0.15, 0.2) is 17.3 Å². The minimum atomic E-state index is -0.115. The second-order valence-electron chi connectivity index (χ2n) is 5.11. The summed E-state index contributed by atoms with van der Waals surface area (Å²) in [4.78, 5) is 23.8. The first kappa shape index (κ1) is 15.1. The van der Waals surface area contributed by atoms with Crippen molar-refractivity contribution in [2.75, 3.05) is 18.6 Å². The van der Waals surface area contributed by atoms with Gasteiger partial charge in [0.1, 0.15) is 5.52 Å². The lowest BCUT2D eigenvalue weighted by Gasteiger charge is -2.24. The molecule has 0 aliphatic carbocycles. The van der Waals surface area contributed by atoms with Gasteiger partial charge in [-0.3, -0.25) is 9.69 Å². The Kier molecular flexibility index (Phi) is 5.25. The van der Waals surface area contributed by atoms with Crippen molar-refractivity contribution in [3.8, 4) is 0 Å². The van der Waals surface area contributed by atoms with E-state index in [1.165, 1.54) is 18.5 Å². The highest BCUT2D eigenvalue weighted by Crippen LogP contribution is 2.16. The minimum Gasteiger partial charge on any atom is -0.355 e. The number of aromatic amines is 2. The summed E-state index contributed by atoms with van der Waals surface area (Å²) in [5.74, 6) is 2.34. The van der Waals surface area contributed by atoms with Crippen molar-refractivity contribution in [3.05, 3.63) is 28.4 Å². The van der Waals surface area contributed by atoms with Crippen LogP contribution in [0.25, 0.3) is 11.0 Å². The zero-order valence-corrected chi connectivity index (χ0v) is 13.1. The molecule has 2 N–H and O–H groups in total. The van der Waals surface area contributed by atoms with Crippen LogP contribution in [0.5, 0.6) is 0 Å². The number of H-pyrrole nitrogens is 2. The highest BCUT2D eigenvalue weighted by Gasteiger charge is 2.13. The summed E-state index contributed by atoms with van der Waals surface area (Å²) in [7, 11) is 2.11. The molecule has 0 saturated carbocycles. The molecule has 1 atom stereocenters. The fourth-order valence-corrected chi connectivity index (χ4v) is 3.13. The average molecular weight is 294 g/mol. The SMILES string of the molecule is CCCSC[C@@H](C)N(C)Cc1c[nH]c2c(=O)[nH]cnc12. The molecular weight excluding hydrogens is 272 g/mol. The zero-order valence-electron chi connectivity index (χ0n) is 12.3. The first-order valence-corrected chi connectivity index (χ1v) is 8.10. The Morgan fingerprint density at radius 3 is 3.00 bits per heavy atom. The maximum atomic E-state index is 11.6. The van der Waals surface area contributed by atoms with Gasteiger partial charge < -0.3 is 9.97 Å². The molecule has 20 heavy (non-hydrogen) atoms. The van der Waals surface area contributed by atoms with E-state index in [9.17, 15) is 4.79 Å². The van der Waals surface area contributed by atoms with Crippen molar-refractivity contribution in [1.82, 2.24) is 19.9 Å². The van der Waals surface area contributed by atoms with Gasteiger partial charge in [-0.15, -0.1) is 0 Å². The van der Waals surface area contributed by atoms with Crippen molar-refractivity contribution in [1.29, 1.82) is 0 Å². The lowest BCUT2D eigenvalue weighted by molar-refractivity contribution is 0.270. The van der Waals surface area contributed by atoms with Gasteiger partial charge in [-0.05, 0) is 26.1 Å². The molecule has 0 aliphatic rings. The molecule has 0 aliphatic heterocycles. The normalized spacial score (nSPS) is 13.2. The molecular formula is C14H22N4OS. The first-order valence-electron chi connectivity index (χ1n) is 6.95. The summed E-state index contributed by atoms with van der Waals surface area (Å²) >= 11 is 1.99. The van der Waals surface area contributed by atoms with Crippen LogP contribution in [-0.2, 0) is 6.54 Å². The molecule has 0 saturated heterocycles. The topological polar surface area (TPSA) is 64.8 Å². The maximum absolute atomic E-state index is 11.6. The lowest BCUT2D eigenvalue weighted by Crippen LogP contribution is -2.30. The van der Waals surface area contributed by atoms with Gasteiger partial charge in [0.2, 0.25) is 0 Å². The minimum absolute atomic E-state index is 0.115. The van der Waals surface area contributed by atoms with Gasteiger partial charge in [0.25, 0.3) is 5.56 Å². The molecule has 2 aromatic rings. The fraction of sp³-hybridized carbons (Fsp3) is 0.571. The van der Waals surface area contributed by atoms with Crippen molar-refractivity contribution < 1.29 is 0 Å². The van der Waals surface area contributed by atoms with Gasteiger partial charge in [0.05, 0.1) is 11.8 Å². The highest BCUT2D eigenvalue weighted by molar-refractivity contribution is 7.99. The Hall–Kier alpha value is -1.27. The molecule has 2 rings (SSSR count). The molecule has 0 amide bonds. The summed E-state index contributed by atoms with van der Waals surface area (Å²) < 4.78 is 0. The summed E-state index contributed by atoms with van der Waals surface area (Å²) in [5.41, 5.74) is 2.29. The number of fused-ring (bicyclic) bond motifs is 1. The molecule has 0 fully saturated rings. The number of aromatic nitrogens is 3. The number of thioether (sulfide) groups is 1. The molecule has 0 bridgehead atoms. The number of hydrogen-bond acceptors (Lipinski definition) is 4. The largest absolute Gasteiger partial charge is 0.355 e. The predicted octanol–water partition coefficient (Wildman–Crippen LogP) is 2.21. The molecule has 110 valence electrons. The first-order chi connectivity index (χ1) is 9.63. The Labute approximate surface area is 123 Å². The second-order valence-corrected chi connectivity index (χ2v) is 6.26. The van der Waals surface area contributed by atoms with E-state index in [1.807, 2.05) is 18.0 Å². The van der Waals surface area contributed by atoms with E-state index in [0.29, 0.717) is 11.6 Å². The molecule has 2 aromatic heterocycles. The van der Waals surface area contributed by atoms with Crippen LogP contribution in [0.1, 0.15) is 25.8 Å².